The van der Waals surface area contributed by atoms with Gasteiger partial charge in [0.15, 0.2) is 0 Å². The van der Waals surface area contributed by atoms with Crippen LogP contribution in [0.25, 0.3) is 43.4 Å². The second-order valence-electron chi connectivity index (χ2n) is 19.4. The maximum Gasteiger partial charge on any atom is 0.307 e. The lowest BCUT2D eigenvalue weighted by atomic mass is 9.99. The molecule has 31 heteroatoms. The number of aliphatic hydroxyl groups is 1. The van der Waals surface area contributed by atoms with Crippen molar-refractivity contribution in [2.24, 2.45) is 11.8 Å². The number of carbonyl (C=O) groups is 8. The third kappa shape index (κ3) is 14.7. The Labute approximate surface area is 507 Å². The number of hydrogen-bond acceptors (Lipinski definition) is 23. The number of ether oxygens (including phenoxy) is 1. The minimum absolute atomic E-state index is 0.0116. The van der Waals surface area contributed by atoms with Gasteiger partial charge in [0.2, 0.25) is 17.7 Å². The van der Waals surface area contributed by atoms with Gasteiger partial charge in [-0.3, -0.25) is 38.4 Å². The largest absolute Gasteiger partial charge is 0.481 e. The van der Waals surface area contributed by atoms with Crippen molar-refractivity contribution in [3.05, 3.63) is 111 Å². The Balaban J connectivity index is 1.10. The van der Waals surface area contributed by atoms with Gasteiger partial charge in [0.25, 0.3) is 17.7 Å². The number of thiazole rings is 6. The molecule has 8 aromatic rings. The lowest BCUT2D eigenvalue weighted by Crippen LogP contribution is -2.40. The van der Waals surface area contributed by atoms with Crippen LogP contribution in [0, 0.1) is 18.8 Å². The SMILES string of the molecule is CNC(=O)C[C@@H]1NC(=O)c2csc(n2)-c2ccc(-c3nc(NC(=O)CC[C@@H](CC(=O)O)C(=O)O)cs3)nc2-c2csc(n2)-c2csc(n2)[C@H]([C@@H](O)c2ccccc2)NC(=O)CNC(=O)c2nc(sc2COC)C(C(C)C)NC(=O)c2nc1sc2C. The number of hydrogen-bond donors (Lipinski definition) is 9. The molecule has 10 bridgehead atoms. The Bertz CT molecular complexity index is 3820. The van der Waals surface area contributed by atoms with Gasteiger partial charge in [0.05, 0.1) is 54.6 Å². The second kappa shape index (κ2) is 27.2. The number of anilines is 1. The predicted molar refractivity (Wildman–Crippen MR) is 318 cm³/mol. The van der Waals surface area contributed by atoms with Gasteiger partial charge in [-0.05, 0) is 37.0 Å². The van der Waals surface area contributed by atoms with Gasteiger partial charge in [-0.2, -0.15) is 0 Å². The van der Waals surface area contributed by atoms with Gasteiger partial charge in [-0.1, -0.05) is 44.2 Å². The van der Waals surface area contributed by atoms with Crippen LogP contribution in [-0.2, 0) is 35.3 Å². The first-order valence-electron chi connectivity index (χ1n) is 25.9. The zero-order valence-corrected chi connectivity index (χ0v) is 50.6. The number of aromatic nitrogens is 7. The topological polar surface area (TPSA) is 369 Å². The number of rotatable bonds is 15. The highest BCUT2D eigenvalue weighted by Crippen LogP contribution is 2.40. The molecule has 442 valence electrons. The number of aliphatic carboxylic acids is 2. The van der Waals surface area contributed by atoms with Crippen LogP contribution in [0.5, 0.6) is 0 Å². The van der Waals surface area contributed by atoms with Gasteiger partial charge in [0.1, 0.15) is 82.2 Å². The van der Waals surface area contributed by atoms with E-state index >= 15 is 0 Å². The number of methoxy groups -OCH3 is 1. The lowest BCUT2D eigenvalue weighted by Gasteiger charge is -2.23. The summed E-state index contributed by atoms with van der Waals surface area (Å²) in [5.41, 5.74) is 2.33. The van der Waals surface area contributed by atoms with Crippen molar-refractivity contribution < 1.29 is 58.4 Å². The summed E-state index contributed by atoms with van der Waals surface area (Å²) in [6.07, 6.45) is -2.68. The molecule has 1 aromatic carbocycles. The fraction of sp³-hybridized carbons (Fsp3) is 0.315. The summed E-state index contributed by atoms with van der Waals surface area (Å²) in [6, 6.07) is 9.20. The Morgan fingerprint density at radius 3 is 2.13 bits per heavy atom. The monoisotopic (exact) mass is 1270 g/mol. The number of amides is 6. The molecule has 1 unspecified atom stereocenters. The number of pyridine rings is 1. The van der Waals surface area contributed by atoms with Gasteiger partial charge < -0.3 is 52.0 Å². The number of carboxylic acids is 2. The first-order valence-corrected chi connectivity index (χ1v) is 31.1. The number of fused-ring (bicyclic) bond motifs is 14. The predicted octanol–water partition coefficient (Wildman–Crippen LogP) is 7.21. The smallest absolute Gasteiger partial charge is 0.307 e. The molecule has 0 fully saturated rings. The minimum Gasteiger partial charge on any atom is -0.481 e. The number of nitrogens with one attached hydrogen (secondary N) is 6. The summed E-state index contributed by atoms with van der Waals surface area (Å²) in [7, 11) is 2.91. The quantitative estimate of drug-likeness (QED) is 0.0489. The number of nitrogens with zero attached hydrogens (tertiary/aromatic N) is 7. The van der Waals surface area contributed by atoms with Crippen LogP contribution in [0.1, 0.15) is 126 Å². The fourth-order valence-corrected chi connectivity index (χ4v) is 14.2. The van der Waals surface area contributed by atoms with Crippen molar-refractivity contribution >= 4 is 121 Å². The van der Waals surface area contributed by atoms with Crippen molar-refractivity contribution in [3.8, 4) is 43.4 Å². The van der Waals surface area contributed by atoms with Gasteiger partial charge in [-0.25, -0.2) is 34.9 Å². The molecule has 8 heterocycles. The molecule has 85 heavy (non-hydrogen) atoms. The van der Waals surface area contributed by atoms with Crippen LogP contribution in [0.3, 0.4) is 0 Å². The molecule has 0 saturated carbocycles. The number of carboxylic acid groups (broad SMARTS) is 2. The standard InChI is InChI=1S/C54H53N13O12S6/c1-23(2)39-53-67-42(33(85-53)18-79-5)46(75)56-17-37(70)64-43(44(73)25-9-7-6-8-10-25)52-61-32(21-82-52)50-59-30(19-81-50)41-27(12-13-28(57-41)49-63-34(22-83-49)62-35(68)14-11-26(54(77)78)15-38(71)72)48-60-31(20-80-48)45(74)58-29(16-36(69)55-4)51-66-40(24(3)84-51)47(76)65-39/h6-10,12-13,19-23,26,29,39,43-44,73H,11,14-18H2,1-5H3,(H,55,69)(H,56,75)(H,58,74)(H,62,68)(H,64,70)(H,65,76)(H,71,72)(H,77,78)/t26-,29-,39?,43-,44-/m0/s1. The van der Waals surface area contributed by atoms with Crippen molar-refractivity contribution in [3.63, 3.8) is 0 Å². The zero-order valence-electron chi connectivity index (χ0n) is 45.7. The fourth-order valence-electron chi connectivity index (χ4n) is 8.68. The van der Waals surface area contributed by atoms with E-state index in [-0.39, 0.29) is 59.7 Å². The molecular formula is C54H53N13O12S6. The highest BCUT2D eigenvalue weighted by molar-refractivity contribution is 7.15. The van der Waals surface area contributed by atoms with Crippen LogP contribution < -0.4 is 31.9 Å². The third-order valence-corrected chi connectivity index (χ3v) is 18.7. The number of benzene rings is 1. The first kappa shape index (κ1) is 61.4. The van der Waals surface area contributed by atoms with Crippen LogP contribution in [0.2, 0.25) is 0 Å². The average molecular weight is 1270 g/mol. The van der Waals surface area contributed by atoms with Crippen molar-refractivity contribution in [2.75, 3.05) is 26.0 Å². The highest BCUT2D eigenvalue weighted by atomic mass is 32.1. The van der Waals surface area contributed by atoms with Crippen LogP contribution in [0.15, 0.2) is 64.0 Å². The molecule has 9 N–H and O–H groups in total. The Morgan fingerprint density at radius 2 is 1.40 bits per heavy atom. The van der Waals surface area contributed by atoms with E-state index < -0.39 is 90.5 Å². The molecular weight excluding hydrogens is 1220 g/mol. The maximum absolute atomic E-state index is 14.3. The number of aryl methyl sites for hydroxylation is 1. The molecule has 1 aliphatic heterocycles. The Morgan fingerprint density at radius 1 is 0.694 bits per heavy atom. The summed E-state index contributed by atoms with van der Waals surface area (Å²) in [5, 5.41) is 55.8. The molecule has 6 amide bonds. The van der Waals surface area contributed by atoms with E-state index in [9.17, 15) is 48.6 Å². The van der Waals surface area contributed by atoms with E-state index in [4.69, 9.17) is 29.8 Å². The molecule has 0 saturated heterocycles. The molecule has 9 rings (SSSR count). The van der Waals surface area contributed by atoms with E-state index in [1.807, 2.05) is 13.8 Å². The highest BCUT2D eigenvalue weighted by Gasteiger charge is 2.33. The minimum atomic E-state index is -1.33. The molecule has 1 aliphatic rings. The maximum atomic E-state index is 14.3. The normalized spacial score (nSPS) is 16.5. The molecule has 7 aromatic heterocycles. The summed E-state index contributed by atoms with van der Waals surface area (Å²) >= 11 is 6.94. The number of aliphatic hydroxyl groups excluding tert-OH is 1. The van der Waals surface area contributed by atoms with E-state index in [1.165, 1.54) is 25.5 Å². The average Bonchev–Trinajstić information content (AvgIpc) is 3.50. The van der Waals surface area contributed by atoms with Crippen molar-refractivity contribution in [2.45, 2.75) is 77.3 Å². The van der Waals surface area contributed by atoms with E-state index in [0.29, 0.717) is 68.7 Å². The van der Waals surface area contributed by atoms with E-state index in [1.54, 1.807) is 70.9 Å². The molecule has 5 atom stereocenters. The van der Waals surface area contributed by atoms with Crippen molar-refractivity contribution in [1.29, 1.82) is 0 Å². The third-order valence-electron chi connectivity index (χ3n) is 13.0. The van der Waals surface area contributed by atoms with Crippen LogP contribution in [-0.4, -0.2) is 118 Å². The Kier molecular flexibility index (Phi) is 19.7. The van der Waals surface area contributed by atoms with Gasteiger partial charge in [0, 0.05) is 52.5 Å². The van der Waals surface area contributed by atoms with Gasteiger partial charge in [-0.15, -0.1) is 68.0 Å². The van der Waals surface area contributed by atoms with E-state index in [0.717, 1.165) is 56.7 Å². The second-order valence-corrected chi connectivity index (χ2v) is 25.2. The van der Waals surface area contributed by atoms with Crippen LogP contribution >= 0.6 is 68.0 Å². The molecule has 0 spiro atoms. The molecule has 0 radical (unpaired) electrons. The molecule has 25 nitrogen and oxygen atoms in total. The summed E-state index contributed by atoms with van der Waals surface area (Å²) in [4.78, 5) is 140. The summed E-state index contributed by atoms with van der Waals surface area (Å²) in [5.74, 6) is -7.59. The van der Waals surface area contributed by atoms with Crippen molar-refractivity contribution in [1.82, 2.24) is 61.5 Å². The lowest BCUT2D eigenvalue weighted by molar-refractivity contribution is -0.148. The number of carbonyl (C=O) groups excluding carboxylic acids is 6. The van der Waals surface area contributed by atoms with E-state index in [2.05, 4.69) is 46.9 Å². The zero-order chi connectivity index (χ0) is 60.6. The summed E-state index contributed by atoms with van der Waals surface area (Å²) in [6.45, 7) is 4.88. The van der Waals surface area contributed by atoms with Gasteiger partial charge >= 0.3 is 11.9 Å². The summed E-state index contributed by atoms with van der Waals surface area (Å²) < 4.78 is 5.44. The van der Waals surface area contributed by atoms with Crippen LogP contribution in [0.4, 0.5) is 5.82 Å². The Hall–Kier alpha value is -8.17. The molecule has 0 aliphatic carbocycles. The first-order chi connectivity index (χ1) is 40.8.